The van der Waals surface area contributed by atoms with Crippen LogP contribution in [-0.2, 0) is 31.6 Å². The second-order valence-electron chi connectivity index (χ2n) is 13.8. The molecule has 7 rings (SSSR count). The number of nitrogens with zero attached hydrogens (tertiary/aromatic N) is 4. The molecule has 3 amide bonds. The normalized spacial score (nSPS) is 19.8. The molecule has 3 aliphatic heterocycles. The molecule has 1 atom stereocenters. The fraction of sp³-hybridized carbons (Fsp3) is 0.444. The van der Waals surface area contributed by atoms with E-state index < -0.39 is 51.9 Å². The average Bonchev–Trinajstić information content (AvgIpc) is 3.53. The van der Waals surface area contributed by atoms with Gasteiger partial charge in [-0.2, -0.15) is 8.42 Å². The SMILES string of the molecule is Cn1c(=O)n(C2CCC(=O)NC2=O)c2ccc(C3CCN(CCCCCCOc4ccc5cc(O)c(N6CC(=O)NS6(=O)=O)c(F)c5c4)CC3)cc21. The number of amides is 3. The molecule has 3 aromatic carbocycles. The number of hydrogen-bond donors (Lipinski definition) is 3. The Balaban J connectivity index is 0.860. The van der Waals surface area contributed by atoms with E-state index in [9.17, 15) is 32.7 Å². The standard InChI is InChI=1S/C36H41FN6O8S/c1-40-29-18-23(7-9-27(29)43(36(40)48)28-10-11-31(45)38-35(28)47)22-12-15-41(16-13-22)14-4-2-3-5-17-51-25-8-6-24-19-30(44)34(33(37)26(24)20-25)42-21-32(46)39-52(42,49)50/h6-9,18-20,22,28,44H,2-5,10-17,21H2,1H3,(H,39,46)(H,38,45,47). The first-order chi connectivity index (χ1) is 24.9. The number of halogens is 1. The quantitative estimate of drug-likeness (QED) is 0.154. The lowest BCUT2D eigenvalue weighted by Gasteiger charge is -2.32. The van der Waals surface area contributed by atoms with Crippen molar-refractivity contribution in [1.29, 1.82) is 0 Å². The topological polar surface area (TPSA) is 172 Å². The number of piperidine rings is 2. The predicted molar refractivity (Wildman–Crippen MR) is 191 cm³/mol. The summed E-state index contributed by atoms with van der Waals surface area (Å²) in [6.07, 6.45) is 6.39. The first-order valence-corrected chi connectivity index (χ1v) is 19.0. The number of anilines is 1. The Hall–Kier alpha value is -4.96. The van der Waals surface area contributed by atoms with Crippen LogP contribution in [0.5, 0.6) is 11.5 Å². The molecule has 1 unspecified atom stereocenters. The molecule has 276 valence electrons. The molecule has 0 radical (unpaired) electrons. The van der Waals surface area contributed by atoms with Crippen molar-refractivity contribution in [2.24, 2.45) is 7.05 Å². The number of fused-ring (bicyclic) bond motifs is 2. The van der Waals surface area contributed by atoms with Crippen LogP contribution in [0, 0.1) is 5.82 Å². The number of rotatable bonds is 11. The molecule has 0 spiro atoms. The molecule has 16 heteroatoms. The predicted octanol–water partition coefficient (Wildman–Crippen LogP) is 3.32. The fourth-order valence-electron chi connectivity index (χ4n) is 7.61. The number of nitrogens with one attached hydrogen (secondary N) is 2. The van der Waals surface area contributed by atoms with Crippen LogP contribution in [0.1, 0.15) is 68.9 Å². The molecule has 3 aliphatic rings. The number of benzene rings is 3. The number of phenolic OH excluding ortho intramolecular Hbond substituents is 1. The summed E-state index contributed by atoms with van der Waals surface area (Å²) in [7, 11) is -2.58. The van der Waals surface area contributed by atoms with Gasteiger partial charge in [0.25, 0.3) is 5.91 Å². The summed E-state index contributed by atoms with van der Waals surface area (Å²) in [5, 5.41) is 13.2. The van der Waals surface area contributed by atoms with Gasteiger partial charge in [0.1, 0.15) is 29.8 Å². The van der Waals surface area contributed by atoms with E-state index in [0.29, 0.717) is 39.9 Å². The van der Waals surface area contributed by atoms with Gasteiger partial charge in [-0.25, -0.2) is 18.2 Å². The summed E-state index contributed by atoms with van der Waals surface area (Å²) in [5.74, 6) is -2.32. The summed E-state index contributed by atoms with van der Waals surface area (Å²) < 4.78 is 51.3. The maximum Gasteiger partial charge on any atom is 0.329 e. The number of carbonyl (C=O) groups is 3. The van der Waals surface area contributed by atoms with Crippen molar-refractivity contribution in [2.75, 3.05) is 37.1 Å². The number of ether oxygens (including phenoxy) is 1. The van der Waals surface area contributed by atoms with Crippen LogP contribution in [0.3, 0.4) is 0 Å². The van der Waals surface area contributed by atoms with Crippen LogP contribution in [0.4, 0.5) is 10.1 Å². The first-order valence-electron chi connectivity index (χ1n) is 17.6. The molecule has 3 saturated heterocycles. The van der Waals surface area contributed by atoms with E-state index in [2.05, 4.69) is 22.3 Å². The second kappa shape index (κ2) is 14.2. The molecule has 0 bridgehead atoms. The molecular weight excluding hydrogens is 695 g/mol. The van der Waals surface area contributed by atoms with Gasteiger partial charge >= 0.3 is 15.9 Å². The molecular formula is C36H41FN6O8S. The number of unbranched alkanes of at least 4 members (excludes halogenated alkanes) is 3. The van der Waals surface area contributed by atoms with E-state index in [4.69, 9.17) is 4.74 Å². The number of phenols is 1. The molecule has 3 fully saturated rings. The smallest absolute Gasteiger partial charge is 0.329 e. The van der Waals surface area contributed by atoms with Crippen molar-refractivity contribution in [3.63, 3.8) is 0 Å². The van der Waals surface area contributed by atoms with Crippen molar-refractivity contribution in [3.8, 4) is 11.5 Å². The fourth-order valence-corrected chi connectivity index (χ4v) is 8.78. The van der Waals surface area contributed by atoms with Crippen molar-refractivity contribution in [3.05, 3.63) is 64.3 Å². The van der Waals surface area contributed by atoms with Crippen molar-refractivity contribution < 1.29 is 37.0 Å². The van der Waals surface area contributed by atoms with Crippen molar-refractivity contribution >= 4 is 55.4 Å². The summed E-state index contributed by atoms with van der Waals surface area (Å²) >= 11 is 0. The number of imidazole rings is 1. The third kappa shape index (κ3) is 6.84. The van der Waals surface area contributed by atoms with E-state index in [1.165, 1.54) is 22.3 Å². The largest absolute Gasteiger partial charge is 0.506 e. The van der Waals surface area contributed by atoms with Gasteiger partial charge in [0.2, 0.25) is 11.8 Å². The maximum absolute atomic E-state index is 15.5. The Bertz CT molecular complexity index is 2240. The third-order valence-corrected chi connectivity index (χ3v) is 11.8. The van der Waals surface area contributed by atoms with E-state index in [1.54, 1.807) is 28.5 Å². The highest BCUT2D eigenvalue weighted by atomic mass is 32.2. The van der Waals surface area contributed by atoms with Crippen LogP contribution in [0.2, 0.25) is 0 Å². The third-order valence-electron chi connectivity index (χ3n) is 10.4. The molecule has 3 N–H and O–H groups in total. The molecule has 4 heterocycles. The average molecular weight is 737 g/mol. The maximum atomic E-state index is 15.5. The monoisotopic (exact) mass is 736 g/mol. The van der Waals surface area contributed by atoms with Gasteiger partial charge in [0.15, 0.2) is 5.82 Å². The highest BCUT2D eigenvalue weighted by molar-refractivity contribution is 7.92. The van der Waals surface area contributed by atoms with Gasteiger partial charge in [0, 0.05) is 18.9 Å². The van der Waals surface area contributed by atoms with Crippen LogP contribution in [-0.4, -0.2) is 78.1 Å². The number of aryl methyl sites for hydroxylation is 1. The zero-order valence-corrected chi connectivity index (χ0v) is 29.6. The van der Waals surface area contributed by atoms with E-state index >= 15 is 4.39 Å². The van der Waals surface area contributed by atoms with Crippen LogP contribution >= 0.6 is 0 Å². The summed E-state index contributed by atoms with van der Waals surface area (Å²) in [4.78, 5) is 51.4. The zero-order chi connectivity index (χ0) is 36.7. The van der Waals surface area contributed by atoms with Crippen LogP contribution in [0.25, 0.3) is 21.8 Å². The highest BCUT2D eigenvalue weighted by Crippen LogP contribution is 2.39. The Labute approximate surface area is 299 Å². The Kier molecular flexibility index (Phi) is 9.69. The van der Waals surface area contributed by atoms with Gasteiger partial charge in [-0.1, -0.05) is 25.0 Å². The number of aromatic nitrogens is 2. The lowest BCUT2D eigenvalue weighted by molar-refractivity contribution is -0.135. The van der Waals surface area contributed by atoms with Gasteiger partial charge in [-0.15, -0.1) is 0 Å². The Morgan fingerprint density at radius 2 is 1.69 bits per heavy atom. The minimum atomic E-state index is -4.30. The second-order valence-corrected chi connectivity index (χ2v) is 15.4. The Morgan fingerprint density at radius 1 is 0.923 bits per heavy atom. The number of likely N-dealkylation sites (tertiary alicyclic amines) is 1. The molecule has 14 nitrogen and oxygen atoms in total. The molecule has 1 aromatic heterocycles. The van der Waals surface area contributed by atoms with Crippen LogP contribution < -0.4 is 24.8 Å². The van der Waals surface area contributed by atoms with Crippen molar-refractivity contribution in [1.82, 2.24) is 24.1 Å². The zero-order valence-electron chi connectivity index (χ0n) is 28.8. The van der Waals surface area contributed by atoms with Gasteiger partial charge in [-0.05, 0) is 98.9 Å². The summed E-state index contributed by atoms with van der Waals surface area (Å²) in [5.41, 5.74) is 1.82. The molecule has 4 aromatic rings. The highest BCUT2D eigenvalue weighted by Gasteiger charge is 2.38. The molecule has 52 heavy (non-hydrogen) atoms. The summed E-state index contributed by atoms with van der Waals surface area (Å²) in [6, 6.07) is 11.3. The number of carbonyl (C=O) groups excluding carboxylic acids is 3. The lowest BCUT2D eigenvalue weighted by Crippen LogP contribution is -2.44. The first kappa shape index (κ1) is 35.4. The number of imide groups is 1. The summed E-state index contributed by atoms with van der Waals surface area (Å²) in [6.45, 7) is 2.77. The van der Waals surface area contributed by atoms with Gasteiger partial charge in [0.05, 0.1) is 17.6 Å². The minimum Gasteiger partial charge on any atom is -0.506 e. The Morgan fingerprint density at radius 3 is 2.42 bits per heavy atom. The van der Waals surface area contributed by atoms with E-state index in [1.807, 2.05) is 6.07 Å². The minimum absolute atomic E-state index is 0.0682. The van der Waals surface area contributed by atoms with Crippen LogP contribution in [0.15, 0.2) is 47.3 Å². The number of hydrogen-bond acceptors (Lipinski definition) is 9. The van der Waals surface area contributed by atoms with Gasteiger partial charge < -0.3 is 14.7 Å². The molecule has 0 aliphatic carbocycles. The molecule has 0 saturated carbocycles. The van der Waals surface area contributed by atoms with Crippen molar-refractivity contribution in [2.45, 2.75) is 63.3 Å². The lowest BCUT2D eigenvalue weighted by atomic mass is 9.89. The van der Waals surface area contributed by atoms with Gasteiger partial charge in [-0.3, -0.25) is 28.8 Å². The number of aromatic hydroxyl groups is 1. The van der Waals surface area contributed by atoms with E-state index in [-0.39, 0.29) is 23.4 Å². The van der Waals surface area contributed by atoms with E-state index in [0.717, 1.165) is 63.7 Å².